The second kappa shape index (κ2) is 9.04. The molecule has 0 aliphatic rings. The number of anilines is 4. The van der Waals surface area contributed by atoms with Gasteiger partial charge >= 0.3 is 0 Å². The fourth-order valence-corrected chi connectivity index (χ4v) is 3.19. The van der Waals surface area contributed by atoms with Gasteiger partial charge in [-0.25, -0.2) is 15.0 Å². The first-order valence-electron chi connectivity index (χ1n) is 9.70. The Balaban J connectivity index is 1.73. The van der Waals surface area contributed by atoms with E-state index in [1.54, 1.807) is 50.0 Å². The number of aryl methyl sites for hydroxylation is 1. The third-order valence-corrected chi connectivity index (χ3v) is 4.69. The summed E-state index contributed by atoms with van der Waals surface area (Å²) in [6, 6.07) is 20.2. The minimum Gasteiger partial charge on any atom is -0.496 e. The minimum atomic E-state index is -0.257. The molecule has 7 nitrogen and oxygen atoms in total. The lowest BCUT2D eigenvalue weighted by Gasteiger charge is -2.24. The van der Waals surface area contributed by atoms with Crippen molar-refractivity contribution in [3.05, 3.63) is 96.4 Å². The van der Waals surface area contributed by atoms with Gasteiger partial charge in [-0.1, -0.05) is 24.3 Å². The highest BCUT2D eigenvalue weighted by Gasteiger charge is 2.19. The molecular formula is C24H21N5O2. The van der Waals surface area contributed by atoms with Gasteiger partial charge in [0.1, 0.15) is 11.6 Å². The van der Waals surface area contributed by atoms with Crippen LogP contribution in [0.4, 0.5) is 23.1 Å². The van der Waals surface area contributed by atoms with E-state index >= 15 is 0 Å². The van der Waals surface area contributed by atoms with Crippen LogP contribution in [0.25, 0.3) is 0 Å². The zero-order chi connectivity index (χ0) is 21.6. The maximum Gasteiger partial charge on any atom is 0.259 e. The van der Waals surface area contributed by atoms with E-state index in [0.717, 1.165) is 11.3 Å². The van der Waals surface area contributed by atoms with E-state index in [9.17, 15) is 4.79 Å². The molecule has 0 unspecified atom stereocenters. The molecule has 0 radical (unpaired) electrons. The number of nitrogens with zero attached hydrogens (tertiary/aromatic N) is 4. The summed E-state index contributed by atoms with van der Waals surface area (Å²) in [5.41, 5.74) is 2.88. The number of methoxy groups -OCH3 is 1. The summed E-state index contributed by atoms with van der Waals surface area (Å²) in [6.45, 7) is 1.99. The van der Waals surface area contributed by atoms with Gasteiger partial charge < -0.3 is 10.1 Å². The minimum absolute atomic E-state index is 0.257. The van der Waals surface area contributed by atoms with E-state index < -0.39 is 0 Å². The highest BCUT2D eigenvalue weighted by molar-refractivity contribution is 6.06. The van der Waals surface area contributed by atoms with Gasteiger partial charge in [0.15, 0.2) is 0 Å². The number of amides is 1. The van der Waals surface area contributed by atoms with E-state index in [4.69, 9.17) is 4.74 Å². The molecule has 0 fully saturated rings. The average molecular weight is 411 g/mol. The van der Waals surface area contributed by atoms with E-state index in [2.05, 4.69) is 20.3 Å². The van der Waals surface area contributed by atoms with Crippen molar-refractivity contribution in [3.8, 4) is 5.75 Å². The lowest BCUT2D eigenvalue weighted by molar-refractivity contribution is 0.102. The van der Waals surface area contributed by atoms with E-state index in [1.165, 1.54) is 0 Å². The summed E-state index contributed by atoms with van der Waals surface area (Å²) in [7, 11) is 1.54. The van der Waals surface area contributed by atoms with Crippen LogP contribution >= 0.6 is 0 Å². The molecule has 1 amide bonds. The standard InChI is InChI=1S/C24H21N5O2/c1-17-11-12-18(28-23(30)19-8-3-4-9-21(19)31-2)16-20(17)29(22-10-5-6-13-25-22)24-26-14-7-15-27-24/h3-16H,1-2H3,(H,28,30). The molecule has 4 rings (SSSR count). The van der Waals surface area contributed by atoms with Crippen LogP contribution in [0.5, 0.6) is 5.75 Å². The summed E-state index contributed by atoms with van der Waals surface area (Å²) < 4.78 is 5.31. The molecule has 31 heavy (non-hydrogen) atoms. The number of carbonyl (C=O) groups excluding carboxylic acids is 1. The number of benzene rings is 2. The summed E-state index contributed by atoms with van der Waals surface area (Å²) in [6.07, 6.45) is 5.08. The number of ether oxygens (including phenoxy) is 1. The third-order valence-electron chi connectivity index (χ3n) is 4.69. The van der Waals surface area contributed by atoms with Crippen molar-refractivity contribution >= 4 is 29.0 Å². The van der Waals surface area contributed by atoms with E-state index in [1.807, 2.05) is 54.3 Å². The molecule has 0 saturated carbocycles. The van der Waals surface area contributed by atoms with Gasteiger partial charge in [0.25, 0.3) is 5.91 Å². The molecule has 0 atom stereocenters. The fourth-order valence-electron chi connectivity index (χ4n) is 3.19. The normalized spacial score (nSPS) is 10.4. The molecule has 2 heterocycles. The van der Waals surface area contributed by atoms with E-state index in [-0.39, 0.29) is 5.91 Å². The van der Waals surface area contributed by atoms with Crippen LogP contribution < -0.4 is 15.0 Å². The predicted octanol–water partition coefficient (Wildman–Crippen LogP) is 4.91. The number of hydrogen-bond acceptors (Lipinski definition) is 6. The molecule has 1 N–H and O–H groups in total. The van der Waals surface area contributed by atoms with Gasteiger partial charge in [-0.3, -0.25) is 9.69 Å². The maximum absolute atomic E-state index is 12.9. The largest absolute Gasteiger partial charge is 0.496 e. The quantitative estimate of drug-likeness (QED) is 0.486. The maximum atomic E-state index is 12.9. The van der Waals surface area contributed by atoms with E-state index in [0.29, 0.717) is 28.8 Å². The topological polar surface area (TPSA) is 80.2 Å². The Hall–Kier alpha value is -4.26. The molecule has 2 aromatic carbocycles. The number of hydrogen-bond donors (Lipinski definition) is 1. The van der Waals surface area contributed by atoms with Crippen molar-refractivity contribution in [1.29, 1.82) is 0 Å². The summed E-state index contributed by atoms with van der Waals surface area (Å²) in [5, 5.41) is 2.95. The summed E-state index contributed by atoms with van der Waals surface area (Å²) in [4.78, 5) is 28.0. The number of carbonyl (C=O) groups is 1. The Morgan fingerprint density at radius 2 is 1.65 bits per heavy atom. The molecule has 4 aromatic rings. The molecule has 0 spiro atoms. The Morgan fingerprint density at radius 3 is 2.39 bits per heavy atom. The Labute approximate surface area is 180 Å². The van der Waals surface area contributed by atoms with Gasteiger partial charge in [0.2, 0.25) is 5.95 Å². The molecular weight excluding hydrogens is 390 g/mol. The number of aromatic nitrogens is 3. The predicted molar refractivity (Wildman–Crippen MR) is 120 cm³/mol. The monoisotopic (exact) mass is 411 g/mol. The van der Waals surface area contributed by atoms with Crippen LogP contribution in [0.3, 0.4) is 0 Å². The zero-order valence-corrected chi connectivity index (χ0v) is 17.2. The molecule has 0 aliphatic carbocycles. The van der Waals surface area contributed by atoms with Crippen LogP contribution in [-0.2, 0) is 0 Å². The molecule has 0 bridgehead atoms. The van der Waals surface area contributed by atoms with Gasteiger partial charge in [0.05, 0.1) is 18.4 Å². The summed E-state index contributed by atoms with van der Waals surface area (Å²) >= 11 is 0. The molecule has 0 aliphatic heterocycles. The number of rotatable bonds is 6. The first kappa shape index (κ1) is 20.0. The molecule has 0 saturated heterocycles. The highest BCUT2D eigenvalue weighted by atomic mass is 16.5. The van der Waals surface area contributed by atoms with Gasteiger partial charge in [0, 0.05) is 24.3 Å². The first-order valence-corrected chi connectivity index (χ1v) is 9.70. The van der Waals surface area contributed by atoms with Crippen LogP contribution in [0, 0.1) is 6.92 Å². The SMILES string of the molecule is COc1ccccc1C(=O)Nc1ccc(C)c(N(c2ccccn2)c2ncccn2)c1. The Kier molecular flexibility index (Phi) is 5.84. The van der Waals surface area contributed by atoms with Crippen molar-refractivity contribution in [2.45, 2.75) is 6.92 Å². The third kappa shape index (κ3) is 4.35. The van der Waals surface area contributed by atoms with Crippen LogP contribution in [-0.4, -0.2) is 28.0 Å². The van der Waals surface area contributed by atoms with Crippen molar-refractivity contribution in [2.24, 2.45) is 0 Å². The Morgan fingerprint density at radius 1 is 0.903 bits per heavy atom. The highest BCUT2D eigenvalue weighted by Crippen LogP contribution is 2.34. The fraction of sp³-hybridized carbons (Fsp3) is 0.0833. The van der Waals surface area contributed by atoms with Crippen LogP contribution in [0.2, 0.25) is 0 Å². The first-order chi connectivity index (χ1) is 15.2. The van der Waals surface area contributed by atoms with Gasteiger partial charge in [-0.05, 0) is 55.0 Å². The lowest BCUT2D eigenvalue weighted by atomic mass is 10.1. The molecule has 7 heteroatoms. The van der Waals surface area contributed by atoms with Crippen LogP contribution in [0.15, 0.2) is 85.3 Å². The Bertz CT molecular complexity index is 1140. The van der Waals surface area contributed by atoms with Crippen LogP contribution in [0.1, 0.15) is 15.9 Å². The summed E-state index contributed by atoms with van der Waals surface area (Å²) in [5.74, 6) is 1.41. The zero-order valence-electron chi connectivity index (χ0n) is 17.2. The molecule has 2 aromatic heterocycles. The number of para-hydroxylation sites is 1. The van der Waals surface area contributed by atoms with Crippen molar-refractivity contribution in [3.63, 3.8) is 0 Å². The van der Waals surface area contributed by atoms with Gasteiger partial charge in [-0.15, -0.1) is 0 Å². The second-order valence-electron chi connectivity index (χ2n) is 6.73. The van der Waals surface area contributed by atoms with Crippen molar-refractivity contribution in [2.75, 3.05) is 17.3 Å². The van der Waals surface area contributed by atoms with Gasteiger partial charge in [-0.2, -0.15) is 0 Å². The lowest BCUT2D eigenvalue weighted by Crippen LogP contribution is -2.17. The van der Waals surface area contributed by atoms with Crippen molar-refractivity contribution < 1.29 is 9.53 Å². The smallest absolute Gasteiger partial charge is 0.259 e. The second-order valence-corrected chi connectivity index (χ2v) is 6.73. The number of nitrogens with one attached hydrogen (secondary N) is 1. The van der Waals surface area contributed by atoms with Crippen molar-refractivity contribution in [1.82, 2.24) is 15.0 Å². The number of pyridine rings is 1. The average Bonchev–Trinajstić information content (AvgIpc) is 2.82. The molecule has 154 valence electrons.